The number of carbonyl (C=O) groups excluding carboxylic acids is 3. The maximum Gasteiger partial charge on any atom is 0.416 e. The van der Waals surface area contributed by atoms with Crippen LogP contribution in [0.25, 0.3) is 0 Å². The van der Waals surface area contributed by atoms with Gasteiger partial charge in [-0.2, -0.15) is 26.3 Å². The van der Waals surface area contributed by atoms with E-state index in [2.05, 4.69) is 5.32 Å². The lowest BCUT2D eigenvalue weighted by Crippen LogP contribution is -2.50. The SMILES string of the molecule is NC(=O)[C@@H](c1ccccc1)[C@@H](CCC(F)(F)F)C(=O)N[C@H]1CN(c2cccc(C(F)(F)F)c2)c2cccc(Cl)c2CC1=O. The van der Waals surface area contributed by atoms with Gasteiger partial charge in [0, 0.05) is 34.8 Å². The number of Topliss-reactive ketones (excluding diaryl/α,β-unsaturated/α-hetero) is 1. The molecule has 0 saturated heterocycles. The molecule has 0 unspecified atom stereocenters. The lowest BCUT2D eigenvalue weighted by atomic mass is 9.81. The van der Waals surface area contributed by atoms with Gasteiger partial charge in [-0.05, 0) is 42.3 Å². The summed E-state index contributed by atoms with van der Waals surface area (Å²) in [5, 5.41) is 2.64. The van der Waals surface area contributed by atoms with E-state index in [0.717, 1.165) is 12.1 Å². The number of benzene rings is 3. The Morgan fingerprint density at radius 2 is 1.65 bits per heavy atom. The highest BCUT2D eigenvalue weighted by Crippen LogP contribution is 2.39. The zero-order valence-corrected chi connectivity index (χ0v) is 23.1. The highest BCUT2D eigenvalue weighted by Gasteiger charge is 2.40. The Morgan fingerprint density at radius 3 is 2.28 bits per heavy atom. The maximum absolute atomic E-state index is 13.6. The Hall–Kier alpha value is -4.06. The van der Waals surface area contributed by atoms with E-state index in [-0.39, 0.29) is 29.2 Å². The van der Waals surface area contributed by atoms with E-state index in [1.807, 2.05) is 0 Å². The number of nitrogens with zero attached hydrogens (tertiary/aromatic N) is 1. The molecule has 2 amide bonds. The molecule has 1 aliphatic heterocycles. The van der Waals surface area contributed by atoms with Crippen LogP contribution in [0.4, 0.5) is 37.7 Å². The number of nitrogens with two attached hydrogens (primary N) is 1. The van der Waals surface area contributed by atoms with Crippen molar-refractivity contribution in [3.8, 4) is 0 Å². The fourth-order valence-corrected chi connectivity index (χ4v) is 5.41. The van der Waals surface area contributed by atoms with Gasteiger partial charge in [0.2, 0.25) is 11.8 Å². The summed E-state index contributed by atoms with van der Waals surface area (Å²) >= 11 is 6.36. The fourth-order valence-electron chi connectivity index (χ4n) is 5.18. The molecule has 3 atom stereocenters. The van der Waals surface area contributed by atoms with Crippen molar-refractivity contribution in [3.63, 3.8) is 0 Å². The van der Waals surface area contributed by atoms with Crippen LogP contribution in [0.1, 0.15) is 35.4 Å². The number of anilines is 2. The second kappa shape index (κ2) is 12.7. The van der Waals surface area contributed by atoms with Gasteiger partial charge in [0.25, 0.3) is 0 Å². The van der Waals surface area contributed by atoms with Crippen molar-refractivity contribution < 1.29 is 40.7 Å². The van der Waals surface area contributed by atoms with Crippen LogP contribution in [0.15, 0.2) is 72.8 Å². The highest BCUT2D eigenvalue weighted by atomic mass is 35.5. The van der Waals surface area contributed by atoms with E-state index in [1.165, 1.54) is 47.4 Å². The number of halogens is 7. The van der Waals surface area contributed by atoms with E-state index >= 15 is 0 Å². The van der Waals surface area contributed by atoms with Crippen LogP contribution in [0.5, 0.6) is 0 Å². The summed E-state index contributed by atoms with van der Waals surface area (Å²) in [6.45, 7) is -0.363. The first kappa shape index (κ1) is 31.9. The number of ketones is 1. The normalized spacial score (nSPS) is 17.0. The number of hydrogen-bond acceptors (Lipinski definition) is 4. The smallest absolute Gasteiger partial charge is 0.369 e. The molecular weight excluding hydrogens is 600 g/mol. The van der Waals surface area contributed by atoms with Gasteiger partial charge in [0.1, 0.15) is 6.04 Å². The minimum absolute atomic E-state index is 0.0419. The average molecular weight is 626 g/mol. The molecule has 0 bridgehead atoms. The summed E-state index contributed by atoms with van der Waals surface area (Å²) in [5.41, 5.74) is 5.50. The number of amides is 2. The van der Waals surface area contributed by atoms with Crippen molar-refractivity contribution in [2.75, 3.05) is 11.4 Å². The van der Waals surface area contributed by atoms with Crippen LogP contribution in [-0.4, -0.2) is 36.4 Å². The molecule has 3 aromatic rings. The fraction of sp³-hybridized carbons (Fsp3) is 0.300. The first-order valence-corrected chi connectivity index (χ1v) is 13.5. The van der Waals surface area contributed by atoms with E-state index in [1.54, 1.807) is 18.2 Å². The Balaban J connectivity index is 1.73. The number of hydrogen-bond donors (Lipinski definition) is 2. The van der Waals surface area contributed by atoms with Crippen molar-refractivity contribution in [2.45, 2.75) is 43.6 Å². The first-order chi connectivity index (χ1) is 20.2. The molecule has 6 nitrogen and oxygen atoms in total. The zero-order chi connectivity index (χ0) is 31.5. The molecule has 0 aromatic heterocycles. The highest BCUT2D eigenvalue weighted by molar-refractivity contribution is 6.32. The lowest BCUT2D eigenvalue weighted by Gasteiger charge is -2.30. The zero-order valence-electron chi connectivity index (χ0n) is 22.4. The number of rotatable bonds is 8. The van der Waals surface area contributed by atoms with Crippen LogP contribution in [0.3, 0.4) is 0 Å². The van der Waals surface area contributed by atoms with Crippen molar-refractivity contribution in [1.82, 2.24) is 5.32 Å². The van der Waals surface area contributed by atoms with E-state index < -0.39 is 66.2 Å². The summed E-state index contributed by atoms with van der Waals surface area (Å²) in [7, 11) is 0. The molecule has 3 N–H and O–H groups in total. The van der Waals surface area contributed by atoms with Gasteiger partial charge in [-0.25, -0.2) is 0 Å². The standard InChI is InChI=1S/C30H26ClF6N3O3/c31-22-10-5-11-24-21(22)15-25(41)23(16-40(24)19-9-4-8-18(14-19)30(35,36)37)39-28(43)20(12-13-29(32,33)34)26(27(38)42)17-6-2-1-3-7-17/h1-11,14,20,23,26H,12-13,15-16H2,(H2,38,42)(H,39,43)/t20-,23+,26+/m1/s1. The molecule has 3 aromatic carbocycles. The molecular formula is C30H26ClF6N3O3. The van der Waals surface area contributed by atoms with Gasteiger partial charge in [-0.3, -0.25) is 14.4 Å². The third kappa shape index (κ3) is 7.67. The van der Waals surface area contributed by atoms with Crippen LogP contribution < -0.4 is 16.0 Å². The van der Waals surface area contributed by atoms with E-state index in [0.29, 0.717) is 11.3 Å². The van der Waals surface area contributed by atoms with Crippen molar-refractivity contribution in [3.05, 3.63) is 94.5 Å². The Morgan fingerprint density at radius 1 is 0.977 bits per heavy atom. The average Bonchev–Trinajstić information content (AvgIpc) is 3.07. The van der Waals surface area contributed by atoms with Crippen molar-refractivity contribution in [1.29, 1.82) is 0 Å². The molecule has 0 radical (unpaired) electrons. The van der Waals surface area contributed by atoms with Crippen molar-refractivity contribution >= 4 is 40.6 Å². The molecule has 0 saturated carbocycles. The van der Waals surface area contributed by atoms with Gasteiger partial charge in [0.15, 0.2) is 5.78 Å². The second-order valence-corrected chi connectivity index (χ2v) is 10.6. The predicted molar refractivity (Wildman–Crippen MR) is 148 cm³/mol. The lowest BCUT2D eigenvalue weighted by molar-refractivity contribution is -0.144. The Bertz CT molecular complexity index is 1500. The molecule has 1 aliphatic rings. The quantitative estimate of drug-likeness (QED) is 0.286. The van der Waals surface area contributed by atoms with Gasteiger partial charge in [-0.15, -0.1) is 0 Å². The predicted octanol–water partition coefficient (Wildman–Crippen LogP) is 6.33. The van der Waals surface area contributed by atoms with E-state index in [9.17, 15) is 40.7 Å². The molecule has 13 heteroatoms. The number of carbonyl (C=O) groups is 3. The van der Waals surface area contributed by atoms with Crippen LogP contribution >= 0.6 is 11.6 Å². The molecule has 228 valence electrons. The third-order valence-electron chi connectivity index (χ3n) is 7.23. The summed E-state index contributed by atoms with van der Waals surface area (Å²) in [6.07, 6.45) is -11.9. The molecule has 0 aliphatic carbocycles. The van der Waals surface area contributed by atoms with Gasteiger partial charge < -0.3 is 16.0 Å². The van der Waals surface area contributed by atoms with Crippen LogP contribution in [0, 0.1) is 5.92 Å². The van der Waals surface area contributed by atoms with Crippen LogP contribution in [-0.2, 0) is 27.0 Å². The molecule has 43 heavy (non-hydrogen) atoms. The first-order valence-electron chi connectivity index (χ1n) is 13.1. The van der Waals surface area contributed by atoms with E-state index in [4.69, 9.17) is 17.3 Å². The molecule has 0 fully saturated rings. The molecule has 1 heterocycles. The van der Waals surface area contributed by atoms with Gasteiger partial charge >= 0.3 is 12.4 Å². The minimum Gasteiger partial charge on any atom is -0.369 e. The maximum atomic E-state index is 13.6. The second-order valence-electron chi connectivity index (χ2n) is 10.2. The topological polar surface area (TPSA) is 92.5 Å². The molecule has 0 spiro atoms. The van der Waals surface area contributed by atoms with Crippen molar-refractivity contribution in [2.24, 2.45) is 11.7 Å². The summed E-state index contributed by atoms with van der Waals surface area (Å²) in [4.78, 5) is 41.0. The number of alkyl halides is 6. The Kier molecular flexibility index (Phi) is 9.38. The Labute approximate surface area is 247 Å². The van der Waals surface area contributed by atoms with Gasteiger partial charge in [0.05, 0.1) is 23.9 Å². The van der Waals surface area contributed by atoms with Gasteiger partial charge in [-0.1, -0.05) is 54.1 Å². The monoisotopic (exact) mass is 625 g/mol. The number of primary amides is 1. The molecule has 4 rings (SSSR count). The summed E-state index contributed by atoms with van der Waals surface area (Å²) in [5.74, 6) is -5.70. The number of fused-ring (bicyclic) bond motifs is 1. The number of nitrogens with one attached hydrogen (secondary N) is 1. The largest absolute Gasteiger partial charge is 0.416 e. The third-order valence-corrected chi connectivity index (χ3v) is 7.59. The van der Waals surface area contributed by atoms with Crippen LogP contribution in [0.2, 0.25) is 5.02 Å². The summed E-state index contributed by atoms with van der Waals surface area (Å²) < 4.78 is 80.4. The minimum atomic E-state index is -4.67. The summed E-state index contributed by atoms with van der Waals surface area (Å²) in [6, 6.07) is 15.1.